The Labute approximate surface area is 73.7 Å². The van der Waals surface area contributed by atoms with Crippen molar-refractivity contribution in [3.8, 4) is 0 Å². The van der Waals surface area contributed by atoms with Crippen molar-refractivity contribution in [1.29, 1.82) is 0 Å². The van der Waals surface area contributed by atoms with Gasteiger partial charge in [-0.25, -0.2) is 4.39 Å². The second-order valence-electron chi connectivity index (χ2n) is 3.32. The zero-order valence-electron chi connectivity index (χ0n) is 7.02. The number of alkyl halides is 4. The van der Waals surface area contributed by atoms with E-state index in [9.17, 15) is 17.6 Å². The predicted molar refractivity (Wildman–Crippen MR) is 40.0 cm³/mol. The third kappa shape index (κ3) is 3.11. The van der Waals surface area contributed by atoms with Gasteiger partial charge in [-0.3, -0.25) is 4.90 Å². The second-order valence-corrected chi connectivity index (χ2v) is 3.32. The fourth-order valence-corrected chi connectivity index (χ4v) is 1.36. The maximum atomic E-state index is 12.5. The van der Waals surface area contributed by atoms with Crippen LogP contribution >= 0.6 is 0 Å². The first-order valence-corrected chi connectivity index (χ1v) is 4.08. The second kappa shape index (κ2) is 3.79. The van der Waals surface area contributed by atoms with Gasteiger partial charge >= 0.3 is 6.18 Å². The van der Waals surface area contributed by atoms with Gasteiger partial charge in [0.15, 0.2) is 0 Å². The molecule has 1 fully saturated rings. The van der Waals surface area contributed by atoms with Crippen molar-refractivity contribution >= 4 is 0 Å². The molecule has 0 bridgehead atoms. The molecule has 13 heavy (non-hydrogen) atoms. The lowest BCUT2D eigenvalue weighted by atomic mass is 10.3. The molecule has 2 nitrogen and oxygen atoms in total. The zero-order chi connectivity index (χ0) is 10.1. The molecule has 1 aliphatic heterocycles. The molecular formula is C7H12F4N2. The molecule has 2 N–H and O–H groups in total. The molecule has 78 valence electrons. The molecule has 1 rings (SSSR count). The lowest BCUT2D eigenvalue weighted by Crippen LogP contribution is -2.38. The fourth-order valence-electron chi connectivity index (χ4n) is 1.36. The number of nitrogens with two attached hydrogens (primary N) is 1. The van der Waals surface area contributed by atoms with Gasteiger partial charge in [-0.1, -0.05) is 0 Å². The number of likely N-dealkylation sites (tertiary alicyclic amines) is 1. The van der Waals surface area contributed by atoms with E-state index in [0.29, 0.717) is 19.5 Å². The van der Waals surface area contributed by atoms with Crippen molar-refractivity contribution in [1.82, 2.24) is 4.90 Å². The van der Waals surface area contributed by atoms with E-state index in [2.05, 4.69) is 0 Å². The van der Waals surface area contributed by atoms with Crippen LogP contribution in [0.3, 0.4) is 0 Å². The average molecular weight is 200 g/mol. The van der Waals surface area contributed by atoms with Gasteiger partial charge in [0.1, 0.15) is 0 Å². The van der Waals surface area contributed by atoms with Crippen LogP contribution in [0.2, 0.25) is 0 Å². The van der Waals surface area contributed by atoms with Crippen molar-refractivity contribution in [2.45, 2.75) is 24.8 Å². The molecule has 0 aromatic heterocycles. The van der Waals surface area contributed by atoms with Gasteiger partial charge in [0.2, 0.25) is 6.17 Å². The number of hydrogen-bond donors (Lipinski definition) is 1. The topological polar surface area (TPSA) is 29.3 Å². The van der Waals surface area contributed by atoms with Crippen molar-refractivity contribution < 1.29 is 17.6 Å². The average Bonchev–Trinajstić information content (AvgIpc) is 2.33. The summed E-state index contributed by atoms with van der Waals surface area (Å²) in [7, 11) is 0. The molecule has 2 atom stereocenters. The first kappa shape index (κ1) is 10.7. The largest absolute Gasteiger partial charge is 0.420 e. The number of nitrogens with zero attached hydrogens (tertiary/aromatic N) is 1. The molecule has 0 aromatic rings. The van der Waals surface area contributed by atoms with Gasteiger partial charge in [-0.05, 0) is 13.0 Å². The maximum Gasteiger partial charge on any atom is 0.420 e. The van der Waals surface area contributed by atoms with Gasteiger partial charge in [-0.2, -0.15) is 13.2 Å². The summed E-state index contributed by atoms with van der Waals surface area (Å²) >= 11 is 0. The monoisotopic (exact) mass is 200 g/mol. The SMILES string of the molecule is NC1CCN(CC(F)C(F)(F)F)C1. The van der Waals surface area contributed by atoms with Crippen molar-refractivity contribution in [2.24, 2.45) is 5.73 Å². The molecule has 0 spiro atoms. The highest BCUT2D eigenvalue weighted by atomic mass is 19.4. The first-order valence-electron chi connectivity index (χ1n) is 4.08. The van der Waals surface area contributed by atoms with Crippen LogP contribution in [-0.2, 0) is 0 Å². The molecular weight excluding hydrogens is 188 g/mol. The highest BCUT2D eigenvalue weighted by Crippen LogP contribution is 2.24. The van der Waals surface area contributed by atoms with E-state index < -0.39 is 18.9 Å². The van der Waals surface area contributed by atoms with E-state index in [-0.39, 0.29) is 6.04 Å². The number of hydrogen-bond acceptors (Lipinski definition) is 2. The minimum Gasteiger partial charge on any atom is -0.326 e. The molecule has 1 saturated heterocycles. The van der Waals surface area contributed by atoms with E-state index in [1.807, 2.05) is 0 Å². The summed E-state index contributed by atoms with van der Waals surface area (Å²) in [6.45, 7) is 0.228. The first-order chi connectivity index (χ1) is 5.89. The molecule has 0 saturated carbocycles. The molecule has 0 aliphatic carbocycles. The Morgan fingerprint density at radius 3 is 2.46 bits per heavy atom. The van der Waals surface area contributed by atoms with Crippen LogP contribution in [0.5, 0.6) is 0 Å². The highest BCUT2D eigenvalue weighted by Gasteiger charge is 2.41. The van der Waals surface area contributed by atoms with E-state index in [1.165, 1.54) is 4.90 Å². The Morgan fingerprint density at radius 2 is 2.08 bits per heavy atom. The van der Waals surface area contributed by atoms with Crippen LogP contribution in [-0.4, -0.2) is 42.9 Å². The van der Waals surface area contributed by atoms with Gasteiger partial charge in [0, 0.05) is 19.1 Å². The van der Waals surface area contributed by atoms with E-state index in [0.717, 1.165) is 0 Å². The predicted octanol–water partition coefficient (Wildman–Crippen LogP) is 0.920. The highest BCUT2D eigenvalue weighted by molar-refractivity contribution is 4.81. The van der Waals surface area contributed by atoms with Crippen LogP contribution in [0, 0.1) is 0 Å². The lowest BCUT2D eigenvalue weighted by Gasteiger charge is -2.19. The summed E-state index contributed by atoms with van der Waals surface area (Å²) in [6, 6.07) is -0.111. The Bertz CT molecular complexity index is 170. The summed E-state index contributed by atoms with van der Waals surface area (Å²) in [5, 5.41) is 0. The summed E-state index contributed by atoms with van der Waals surface area (Å²) in [6.07, 6.45) is -6.85. The summed E-state index contributed by atoms with van der Waals surface area (Å²) in [4.78, 5) is 1.41. The number of rotatable bonds is 2. The number of halogens is 4. The van der Waals surface area contributed by atoms with Gasteiger partial charge in [0.05, 0.1) is 0 Å². The normalized spacial score (nSPS) is 27.9. The van der Waals surface area contributed by atoms with Gasteiger partial charge in [-0.15, -0.1) is 0 Å². The summed E-state index contributed by atoms with van der Waals surface area (Å²) in [5.41, 5.74) is 5.46. The fraction of sp³-hybridized carbons (Fsp3) is 1.00. The van der Waals surface area contributed by atoms with Crippen LogP contribution < -0.4 is 5.73 Å². The van der Waals surface area contributed by atoms with E-state index in [1.54, 1.807) is 0 Å². The van der Waals surface area contributed by atoms with E-state index in [4.69, 9.17) is 5.73 Å². The molecule has 0 aromatic carbocycles. The summed E-state index contributed by atoms with van der Waals surface area (Å²) < 4.78 is 47.8. The van der Waals surface area contributed by atoms with Crippen LogP contribution in [0.15, 0.2) is 0 Å². The van der Waals surface area contributed by atoms with Crippen LogP contribution in [0.1, 0.15) is 6.42 Å². The molecule has 1 aliphatic rings. The third-order valence-electron chi connectivity index (χ3n) is 2.08. The Kier molecular flexibility index (Phi) is 3.13. The zero-order valence-corrected chi connectivity index (χ0v) is 7.02. The molecule has 0 radical (unpaired) electrons. The van der Waals surface area contributed by atoms with Crippen molar-refractivity contribution in [2.75, 3.05) is 19.6 Å². The Hall–Kier alpha value is -0.360. The Morgan fingerprint density at radius 1 is 1.46 bits per heavy atom. The lowest BCUT2D eigenvalue weighted by molar-refractivity contribution is -0.184. The standard InChI is InChI=1S/C7H12F4N2/c8-6(7(9,10)11)4-13-2-1-5(12)3-13/h5-6H,1-4,12H2. The molecule has 6 heteroatoms. The van der Waals surface area contributed by atoms with Crippen molar-refractivity contribution in [3.05, 3.63) is 0 Å². The third-order valence-corrected chi connectivity index (χ3v) is 2.08. The molecule has 0 amide bonds. The minimum absolute atomic E-state index is 0.111. The van der Waals surface area contributed by atoms with Crippen LogP contribution in [0.25, 0.3) is 0 Å². The van der Waals surface area contributed by atoms with Gasteiger partial charge < -0.3 is 5.73 Å². The quantitative estimate of drug-likeness (QED) is 0.671. The van der Waals surface area contributed by atoms with Gasteiger partial charge in [0.25, 0.3) is 0 Å². The van der Waals surface area contributed by atoms with Crippen molar-refractivity contribution in [3.63, 3.8) is 0 Å². The summed E-state index contributed by atoms with van der Waals surface area (Å²) in [5.74, 6) is 0. The minimum atomic E-state index is -4.74. The Balaban J connectivity index is 2.33. The van der Waals surface area contributed by atoms with E-state index >= 15 is 0 Å². The molecule has 1 heterocycles. The van der Waals surface area contributed by atoms with Crippen LogP contribution in [0.4, 0.5) is 17.6 Å². The molecule has 2 unspecified atom stereocenters. The maximum absolute atomic E-state index is 12.5. The smallest absolute Gasteiger partial charge is 0.326 e.